The summed E-state index contributed by atoms with van der Waals surface area (Å²) in [7, 11) is 0. The summed E-state index contributed by atoms with van der Waals surface area (Å²) in [6.07, 6.45) is -2.51. The van der Waals surface area contributed by atoms with E-state index in [1.54, 1.807) is 6.07 Å². The topological polar surface area (TPSA) is 59.8 Å². The average Bonchev–Trinajstić information content (AvgIpc) is 2.62. The molecule has 3 rings (SSSR count). The summed E-state index contributed by atoms with van der Waals surface area (Å²) in [5, 5.41) is 3.06. The highest BCUT2D eigenvalue weighted by Crippen LogP contribution is 2.32. The number of nitrogens with one attached hydrogen (secondary N) is 1. The Balaban J connectivity index is 2.08. The van der Waals surface area contributed by atoms with Crippen molar-refractivity contribution in [1.82, 2.24) is 14.5 Å². The fraction of sp³-hybridized carbons (Fsp3) is 0.278. The van der Waals surface area contributed by atoms with Gasteiger partial charge in [-0.3, -0.25) is 9.36 Å². The number of benzene rings is 1. The van der Waals surface area contributed by atoms with Crippen molar-refractivity contribution in [2.45, 2.75) is 32.5 Å². The number of hydrogen-bond donors (Lipinski definition) is 1. The summed E-state index contributed by atoms with van der Waals surface area (Å²) in [4.78, 5) is 20.4. The number of aromatic nitrogens is 3. The van der Waals surface area contributed by atoms with Crippen LogP contribution >= 0.6 is 0 Å². The quantitative estimate of drug-likeness (QED) is 0.669. The maximum absolute atomic E-state index is 13.9. The Bertz CT molecular complexity index is 1050. The van der Waals surface area contributed by atoms with E-state index in [9.17, 15) is 22.4 Å². The van der Waals surface area contributed by atoms with Crippen molar-refractivity contribution in [2.24, 2.45) is 0 Å². The van der Waals surface area contributed by atoms with Crippen LogP contribution in [0.1, 0.15) is 31.9 Å². The average molecular weight is 380 g/mol. The van der Waals surface area contributed by atoms with Gasteiger partial charge in [-0.15, -0.1) is 0 Å². The second-order valence-electron chi connectivity index (χ2n) is 6.09. The molecule has 1 N–H and O–H groups in total. The van der Waals surface area contributed by atoms with Gasteiger partial charge in [-0.25, -0.2) is 9.37 Å². The molecule has 2 aromatic heterocycles. The number of alkyl halides is 3. The third-order valence-electron chi connectivity index (χ3n) is 4.24. The van der Waals surface area contributed by atoms with E-state index in [1.807, 2.05) is 13.8 Å². The summed E-state index contributed by atoms with van der Waals surface area (Å²) in [5.74, 6) is -0.984. The van der Waals surface area contributed by atoms with Gasteiger partial charge in [0.25, 0.3) is 5.56 Å². The molecule has 27 heavy (non-hydrogen) atoms. The molecule has 0 saturated carbocycles. The van der Waals surface area contributed by atoms with Crippen molar-refractivity contribution in [1.29, 1.82) is 0 Å². The second-order valence-corrected chi connectivity index (χ2v) is 6.09. The predicted molar refractivity (Wildman–Crippen MR) is 93.5 cm³/mol. The van der Waals surface area contributed by atoms with E-state index in [4.69, 9.17) is 0 Å². The monoisotopic (exact) mass is 380 g/mol. The number of anilines is 2. The molecule has 5 nitrogen and oxygen atoms in total. The van der Waals surface area contributed by atoms with E-state index >= 15 is 0 Å². The first kappa shape index (κ1) is 18.8. The lowest BCUT2D eigenvalue weighted by Gasteiger charge is -2.16. The van der Waals surface area contributed by atoms with Crippen LogP contribution in [0.2, 0.25) is 0 Å². The summed E-state index contributed by atoms with van der Waals surface area (Å²) in [5.41, 5.74) is -1.34. The van der Waals surface area contributed by atoms with Gasteiger partial charge in [0.15, 0.2) is 0 Å². The number of pyridine rings is 1. The zero-order valence-electron chi connectivity index (χ0n) is 14.5. The number of nitrogens with zero attached hydrogens (tertiary/aromatic N) is 3. The molecule has 0 amide bonds. The lowest BCUT2D eigenvalue weighted by Crippen LogP contribution is -2.23. The standard InChI is InChI=1S/C18H16F4N4O/c1-3-10(2)26-15(27)7-4-11-9-23-17(25-16(11)26)24-14-8-12(18(20,21)22)5-6-13(14)19/h4-10H,3H2,1-2H3,(H,23,24,25). The predicted octanol–water partition coefficient (Wildman–Crippen LogP) is 4.66. The van der Waals surface area contributed by atoms with E-state index in [-0.39, 0.29) is 17.5 Å². The van der Waals surface area contributed by atoms with Crippen LogP contribution in [0, 0.1) is 5.82 Å². The van der Waals surface area contributed by atoms with Crippen molar-refractivity contribution in [3.63, 3.8) is 0 Å². The van der Waals surface area contributed by atoms with Crippen molar-refractivity contribution in [3.8, 4) is 0 Å². The normalized spacial score (nSPS) is 13.0. The molecule has 3 aromatic rings. The largest absolute Gasteiger partial charge is 0.416 e. The fourth-order valence-corrected chi connectivity index (χ4v) is 2.63. The lowest BCUT2D eigenvalue weighted by molar-refractivity contribution is -0.137. The summed E-state index contributed by atoms with van der Waals surface area (Å²) in [6.45, 7) is 3.76. The molecule has 1 unspecified atom stereocenters. The van der Waals surface area contributed by atoms with Crippen LogP contribution in [0.4, 0.5) is 29.2 Å². The fourth-order valence-electron chi connectivity index (χ4n) is 2.63. The molecule has 1 aromatic carbocycles. The van der Waals surface area contributed by atoms with Gasteiger partial charge in [0.2, 0.25) is 5.95 Å². The van der Waals surface area contributed by atoms with Crippen molar-refractivity contribution in [3.05, 3.63) is 58.3 Å². The smallest absolute Gasteiger partial charge is 0.322 e. The zero-order chi connectivity index (χ0) is 19.8. The molecule has 0 spiro atoms. The Morgan fingerprint density at radius 1 is 1.22 bits per heavy atom. The molecular formula is C18H16F4N4O. The minimum Gasteiger partial charge on any atom is -0.322 e. The Hall–Kier alpha value is -2.97. The number of halogens is 4. The van der Waals surface area contributed by atoms with Crippen LogP contribution in [0.5, 0.6) is 0 Å². The van der Waals surface area contributed by atoms with Crippen LogP contribution in [-0.4, -0.2) is 14.5 Å². The maximum atomic E-state index is 13.9. The van der Waals surface area contributed by atoms with Crippen LogP contribution in [0.15, 0.2) is 41.3 Å². The van der Waals surface area contributed by atoms with Crippen LogP contribution in [0.3, 0.4) is 0 Å². The second kappa shape index (κ2) is 6.98. The van der Waals surface area contributed by atoms with E-state index in [0.29, 0.717) is 29.6 Å². The number of fused-ring (bicyclic) bond motifs is 1. The van der Waals surface area contributed by atoms with Crippen molar-refractivity contribution >= 4 is 22.7 Å². The molecular weight excluding hydrogens is 364 g/mol. The van der Waals surface area contributed by atoms with Gasteiger partial charge in [-0.2, -0.15) is 18.2 Å². The summed E-state index contributed by atoms with van der Waals surface area (Å²) in [6, 6.07) is 4.84. The minimum atomic E-state index is -4.61. The molecule has 9 heteroatoms. The van der Waals surface area contributed by atoms with E-state index in [0.717, 1.165) is 6.07 Å². The molecule has 0 radical (unpaired) electrons. The first-order valence-electron chi connectivity index (χ1n) is 8.22. The van der Waals surface area contributed by atoms with Crippen molar-refractivity contribution in [2.75, 3.05) is 5.32 Å². The third-order valence-corrected chi connectivity index (χ3v) is 4.24. The van der Waals surface area contributed by atoms with Gasteiger partial charge in [-0.1, -0.05) is 6.92 Å². The van der Waals surface area contributed by atoms with Crippen LogP contribution in [0.25, 0.3) is 11.0 Å². The Kier molecular flexibility index (Phi) is 4.86. The molecule has 142 valence electrons. The first-order valence-corrected chi connectivity index (χ1v) is 8.22. The number of rotatable bonds is 4. The molecule has 0 aliphatic rings. The van der Waals surface area contributed by atoms with Gasteiger partial charge < -0.3 is 5.32 Å². The van der Waals surface area contributed by atoms with Gasteiger partial charge in [0, 0.05) is 23.7 Å². The molecule has 0 fully saturated rings. The Morgan fingerprint density at radius 3 is 2.63 bits per heavy atom. The third kappa shape index (κ3) is 3.76. The van der Waals surface area contributed by atoms with E-state index < -0.39 is 23.2 Å². The highest BCUT2D eigenvalue weighted by molar-refractivity contribution is 5.75. The maximum Gasteiger partial charge on any atom is 0.416 e. The highest BCUT2D eigenvalue weighted by atomic mass is 19.4. The Labute approximate surface area is 151 Å². The summed E-state index contributed by atoms with van der Waals surface area (Å²) < 4.78 is 54.0. The molecule has 2 heterocycles. The summed E-state index contributed by atoms with van der Waals surface area (Å²) >= 11 is 0. The van der Waals surface area contributed by atoms with Crippen LogP contribution in [-0.2, 0) is 6.18 Å². The Morgan fingerprint density at radius 2 is 1.96 bits per heavy atom. The van der Waals surface area contributed by atoms with Gasteiger partial charge in [0.1, 0.15) is 11.5 Å². The van der Waals surface area contributed by atoms with Gasteiger partial charge in [0.05, 0.1) is 11.3 Å². The highest BCUT2D eigenvalue weighted by Gasteiger charge is 2.31. The SMILES string of the molecule is CCC(C)n1c(=O)ccc2cnc(Nc3cc(C(F)(F)F)ccc3F)nc21. The number of hydrogen-bond acceptors (Lipinski definition) is 4. The molecule has 0 saturated heterocycles. The molecule has 0 bridgehead atoms. The minimum absolute atomic E-state index is 0.108. The molecule has 0 aliphatic heterocycles. The van der Waals surface area contributed by atoms with Crippen molar-refractivity contribution < 1.29 is 17.6 Å². The van der Waals surface area contributed by atoms with Crippen LogP contribution < -0.4 is 10.9 Å². The molecule has 0 aliphatic carbocycles. The molecule has 1 atom stereocenters. The van der Waals surface area contributed by atoms with Gasteiger partial charge in [-0.05, 0) is 37.6 Å². The lowest BCUT2D eigenvalue weighted by atomic mass is 10.2. The van der Waals surface area contributed by atoms with Gasteiger partial charge >= 0.3 is 6.18 Å². The van der Waals surface area contributed by atoms with E-state index in [2.05, 4.69) is 15.3 Å². The van der Waals surface area contributed by atoms with E-state index in [1.165, 1.54) is 16.8 Å². The first-order chi connectivity index (χ1) is 12.7. The zero-order valence-corrected chi connectivity index (χ0v) is 14.5.